The molecule has 0 bridgehead atoms. The van der Waals surface area contributed by atoms with Crippen molar-refractivity contribution in [3.05, 3.63) is 78.9 Å². The number of benzene rings is 3. The number of hydrogen-bond acceptors (Lipinski definition) is 7. The van der Waals surface area contributed by atoms with Crippen LogP contribution < -0.4 is 14.8 Å². The van der Waals surface area contributed by atoms with Gasteiger partial charge in [-0.15, -0.1) is 5.10 Å². The van der Waals surface area contributed by atoms with Crippen LogP contribution in [0.1, 0.15) is 0 Å². The highest BCUT2D eigenvalue weighted by Gasteiger charge is 2.12. The van der Waals surface area contributed by atoms with E-state index >= 15 is 0 Å². The SMILES string of the molecule is COc1ccc(-n2nnnc2SCC(=O)Nc2ccc(Oc3ccccc3)cc2)cc1. The predicted octanol–water partition coefficient (Wildman–Crippen LogP) is 4.19. The first-order valence-electron chi connectivity index (χ1n) is 9.40. The second kappa shape index (κ2) is 9.77. The normalized spacial score (nSPS) is 10.5. The molecular weight excluding hydrogens is 414 g/mol. The quantitative estimate of drug-likeness (QED) is 0.417. The monoisotopic (exact) mass is 433 g/mol. The van der Waals surface area contributed by atoms with Crippen LogP contribution in [0.4, 0.5) is 5.69 Å². The van der Waals surface area contributed by atoms with E-state index in [-0.39, 0.29) is 11.7 Å². The number of carbonyl (C=O) groups is 1. The number of methoxy groups -OCH3 is 1. The molecule has 0 fully saturated rings. The Bertz CT molecular complexity index is 1130. The molecule has 4 aromatic rings. The predicted molar refractivity (Wildman–Crippen MR) is 118 cm³/mol. The number of carbonyl (C=O) groups excluding carboxylic acids is 1. The number of thioether (sulfide) groups is 1. The van der Waals surface area contributed by atoms with Crippen molar-refractivity contribution in [1.82, 2.24) is 20.2 Å². The molecule has 31 heavy (non-hydrogen) atoms. The Morgan fingerprint density at radius 3 is 2.32 bits per heavy atom. The van der Waals surface area contributed by atoms with Crippen molar-refractivity contribution in [3.63, 3.8) is 0 Å². The Kier molecular flexibility index (Phi) is 6.44. The van der Waals surface area contributed by atoms with Crippen LogP contribution in [-0.4, -0.2) is 39.0 Å². The van der Waals surface area contributed by atoms with E-state index in [1.807, 2.05) is 54.6 Å². The van der Waals surface area contributed by atoms with Gasteiger partial charge in [-0.05, 0) is 71.1 Å². The zero-order valence-electron chi connectivity index (χ0n) is 16.6. The molecular formula is C22H19N5O3S. The number of anilines is 1. The van der Waals surface area contributed by atoms with Gasteiger partial charge in [0.15, 0.2) is 0 Å². The standard InChI is InChI=1S/C22H19N5O3S/c1-29-18-13-9-17(10-14-18)27-22(24-25-26-27)31-15-21(28)23-16-7-11-20(12-8-16)30-19-5-3-2-4-6-19/h2-14H,15H2,1H3,(H,23,28). The third-order valence-corrected chi connectivity index (χ3v) is 5.13. The van der Waals surface area contributed by atoms with Gasteiger partial charge >= 0.3 is 0 Å². The molecule has 0 saturated carbocycles. The average molecular weight is 433 g/mol. The van der Waals surface area contributed by atoms with Gasteiger partial charge in [-0.3, -0.25) is 4.79 Å². The largest absolute Gasteiger partial charge is 0.497 e. The zero-order valence-corrected chi connectivity index (χ0v) is 17.5. The molecule has 0 unspecified atom stereocenters. The van der Waals surface area contributed by atoms with E-state index in [1.165, 1.54) is 11.8 Å². The molecule has 0 saturated heterocycles. The van der Waals surface area contributed by atoms with Crippen LogP contribution in [0, 0.1) is 0 Å². The molecule has 0 atom stereocenters. The summed E-state index contributed by atoms with van der Waals surface area (Å²) in [6.45, 7) is 0. The highest BCUT2D eigenvalue weighted by molar-refractivity contribution is 7.99. The van der Waals surface area contributed by atoms with Gasteiger partial charge in [0, 0.05) is 5.69 Å². The summed E-state index contributed by atoms with van der Waals surface area (Å²) in [6, 6.07) is 24.0. The Morgan fingerprint density at radius 2 is 1.61 bits per heavy atom. The highest BCUT2D eigenvalue weighted by atomic mass is 32.2. The summed E-state index contributed by atoms with van der Waals surface area (Å²) in [4.78, 5) is 12.4. The maximum atomic E-state index is 12.4. The van der Waals surface area contributed by atoms with E-state index in [0.29, 0.717) is 16.6 Å². The smallest absolute Gasteiger partial charge is 0.234 e. The van der Waals surface area contributed by atoms with E-state index in [2.05, 4.69) is 20.8 Å². The minimum Gasteiger partial charge on any atom is -0.497 e. The molecule has 0 radical (unpaired) electrons. The van der Waals surface area contributed by atoms with Crippen LogP contribution in [0.2, 0.25) is 0 Å². The topological polar surface area (TPSA) is 91.2 Å². The van der Waals surface area contributed by atoms with Gasteiger partial charge in [-0.25, -0.2) is 0 Å². The first-order chi connectivity index (χ1) is 15.2. The third-order valence-electron chi connectivity index (χ3n) is 4.21. The van der Waals surface area contributed by atoms with E-state index in [0.717, 1.165) is 17.2 Å². The number of nitrogens with one attached hydrogen (secondary N) is 1. The minimum absolute atomic E-state index is 0.161. The molecule has 1 N–H and O–H groups in total. The molecule has 156 valence electrons. The number of aromatic nitrogens is 4. The van der Waals surface area contributed by atoms with E-state index in [9.17, 15) is 4.79 Å². The van der Waals surface area contributed by atoms with Crippen LogP contribution >= 0.6 is 11.8 Å². The summed E-state index contributed by atoms with van der Waals surface area (Å²) >= 11 is 1.25. The van der Waals surface area contributed by atoms with Crippen LogP contribution in [-0.2, 0) is 4.79 Å². The fourth-order valence-electron chi connectivity index (χ4n) is 2.71. The number of hydrogen-bond donors (Lipinski definition) is 1. The number of ether oxygens (including phenoxy) is 2. The first kappa shape index (κ1) is 20.4. The molecule has 1 amide bonds. The Labute approximate surface area is 183 Å². The summed E-state index contributed by atoms with van der Waals surface area (Å²) in [5.41, 5.74) is 1.46. The van der Waals surface area contributed by atoms with Crippen molar-refractivity contribution < 1.29 is 14.3 Å². The number of para-hydroxylation sites is 1. The minimum atomic E-state index is -0.161. The van der Waals surface area contributed by atoms with Crippen LogP contribution in [0.5, 0.6) is 17.2 Å². The Morgan fingerprint density at radius 1 is 0.935 bits per heavy atom. The molecule has 0 aliphatic carbocycles. The molecule has 4 rings (SSSR count). The number of rotatable bonds is 8. The lowest BCUT2D eigenvalue weighted by molar-refractivity contribution is -0.113. The van der Waals surface area contributed by atoms with Crippen molar-refractivity contribution in [2.45, 2.75) is 5.16 Å². The molecule has 3 aromatic carbocycles. The van der Waals surface area contributed by atoms with Gasteiger partial charge in [0.1, 0.15) is 17.2 Å². The number of amides is 1. The third kappa shape index (κ3) is 5.40. The van der Waals surface area contributed by atoms with Gasteiger partial charge in [0.05, 0.1) is 18.6 Å². The van der Waals surface area contributed by atoms with Crippen molar-refractivity contribution >= 4 is 23.4 Å². The molecule has 1 heterocycles. The fourth-order valence-corrected chi connectivity index (χ4v) is 3.40. The first-order valence-corrected chi connectivity index (χ1v) is 10.4. The van der Waals surface area contributed by atoms with Gasteiger partial charge in [-0.1, -0.05) is 30.0 Å². The van der Waals surface area contributed by atoms with E-state index in [4.69, 9.17) is 9.47 Å². The average Bonchev–Trinajstić information content (AvgIpc) is 3.28. The van der Waals surface area contributed by atoms with Gasteiger partial charge in [0.25, 0.3) is 0 Å². The molecule has 8 nitrogen and oxygen atoms in total. The molecule has 0 aliphatic heterocycles. The summed E-state index contributed by atoms with van der Waals surface area (Å²) in [5, 5.41) is 15.1. The molecule has 0 spiro atoms. The lowest BCUT2D eigenvalue weighted by Gasteiger charge is -2.08. The van der Waals surface area contributed by atoms with Crippen LogP contribution in [0.3, 0.4) is 0 Å². The number of tetrazole rings is 1. The van der Waals surface area contributed by atoms with Gasteiger partial charge in [0.2, 0.25) is 11.1 Å². The molecule has 0 aliphatic rings. The summed E-state index contributed by atoms with van der Waals surface area (Å²) < 4.78 is 12.5. The second-order valence-electron chi connectivity index (χ2n) is 6.35. The fraction of sp³-hybridized carbons (Fsp3) is 0.0909. The van der Waals surface area contributed by atoms with Crippen LogP contribution in [0.15, 0.2) is 84.0 Å². The second-order valence-corrected chi connectivity index (χ2v) is 7.29. The van der Waals surface area contributed by atoms with Gasteiger partial charge in [-0.2, -0.15) is 4.68 Å². The van der Waals surface area contributed by atoms with E-state index in [1.54, 1.807) is 36.1 Å². The maximum Gasteiger partial charge on any atom is 0.234 e. The summed E-state index contributed by atoms with van der Waals surface area (Å²) in [6.07, 6.45) is 0. The Balaban J connectivity index is 1.32. The van der Waals surface area contributed by atoms with E-state index < -0.39 is 0 Å². The van der Waals surface area contributed by atoms with Crippen molar-refractivity contribution in [2.24, 2.45) is 0 Å². The molecule has 1 aromatic heterocycles. The summed E-state index contributed by atoms with van der Waals surface area (Å²) in [5.74, 6) is 2.19. The van der Waals surface area contributed by atoms with Crippen molar-refractivity contribution in [3.8, 4) is 22.9 Å². The lowest BCUT2D eigenvalue weighted by Crippen LogP contribution is -2.14. The number of nitrogens with zero attached hydrogens (tertiary/aromatic N) is 4. The maximum absolute atomic E-state index is 12.4. The highest BCUT2D eigenvalue weighted by Crippen LogP contribution is 2.23. The zero-order chi connectivity index (χ0) is 21.5. The lowest BCUT2D eigenvalue weighted by atomic mass is 10.3. The summed E-state index contributed by atoms with van der Waals surface area (Å²) in [7, 11) is 1.61. The van der Waals surface area contributed by atoms with Crippen molar-refractivity contribution in [2.75, 3.05) is 18.2 Å². The molecule has 9 heteroatoms. The van der Waals surface area contributed by atoms with Crippen molar-refractivity contribution in [1.29, 1.82) is 0 Å². The Hall–Kier alpha value is -3.85. The van der Waals surface area contributed by atoms with Crippen LogP contribution in [0.25, 0.3) is 5.69 Å². The van der Waals surface area contributed by atoms with Gasteiger partial charge < -0.3 is 14.8 Å².